The second kappa shape index (κ2) is 6.12. The van der Waals surface area contributed by atoms with Gasteiger partial charge in [-0.25, -0.2) is 4.39 Å². The Hall–Kier alpha value is -0.930. The predicted molar refractivity (Wildman–Crippen MR) is 66.5 cm³/mol. The zero-order valence-corrected chi connectivity index (χ0v) is 10.1. The lowest BCUT2D eigenvalue weighted by atomic mass is 9.87. The fourth-order valence-electron chi connectivity index (χ4n) is 2.53. The van der Waals surface area contributed by atoms with E-state index in [9.17, 15) is 9.50 Å². The molecule has 1 N–H and O–H groups in total. The highest BCUT2D eigenvalue weighted by atomic mass is 19.1. The third kappa shape index (κ3) is 3.27. The number of nitrogens with zero attached hydrogens (tertiary/aromatic N) is 1. The summed E-state index contributed by atoms with van der Waals surface area (Å²) in [5.74, 6) is 0.313. The van der Waals surface area contributed by atoms with Gasteiger partial charge < -0.3 is 10.0 Å². The number of rotatable bonds is 4. The van der Waals surface area contributed by atoms with E-state index in [0.29, 0.717) is 12.5 Å². The summed E-state index contributed by atoms with van der Waals surface area (Å²) in [6.07, 6.45) is 1.54. The Morgan fingerprint density at radius 3 is 2.47 bits per heavy atom. The fourth-order valence-corrected chi connectivity index (χ4v) is 2.53. The molecular formula is C14H20FNO. The van der Waals surface area contributed by atoms with E-state index in [0.717, 1.165) is 31.5 Å². The highest BCUT2D eigenvalue weighted by Gasteiger charge is 2.25. The predicted octanol–water partition coefficient (Wildman–Crippen LogP) is 2.40. The summed E-state index contributed by atoms with van der Waals surface area (Å²) in [6, 6.07) is 9.81. The summed E-state index contributed by atoms with van der Waals surface area (Å²) < 4.78 is 12.2. The van der Waals surface area contributed by atoms with Crippen molar-refractivity contribution in [3.8, 4) is 0 Å². The first-order valence-corrected chi connectivity index (χ1v) is 6.32. The fraction of sp³-hybridized carbons (Fsp3) is 0.571. The number of likely N-dealkylation sites (tertiary alicyclic amines) is 1. The second-order valence-corrected chi connectivity index (χ2v) is 4.72. The molecule has 1 fully saturated rings. The molecule has 0 aromatic heterocycles. The van der Waals surface area contributed by atoms with Gasteiger partial charge in [-0.05, 0) is 37.4 Å². The van der Waals surface area contributed by atoms with Gasteiger partial charge in [0.05, 0.1) is 6.10 Å². The van der Waals surface area contributed by atoms with E-state index in [-0.39, 0.29) is 12.8 Å². The van der Waals surface area contributed by atoms with E-state index < -0.39 is 0 Å². The van der Waals surface area contributed by atoms with Gasteiger partial charge in [-0.1, -0.05) is 30.3 Å². The maximum absolute atomic E-state index is 12.2. The van der Waals surface area contributed by atoms with Crippen LogP contribution < -0.4 is 0 Å². The van der Waals surface area contributed by atoms with E-state index in [1.54, 1.807) is 0 Å². The smallest absolute Gasteiger partial charge is 0.102 e. The van der Waals surface area contributed by atoms with Crippen LogP contribution in [0.2, 0.25) is 0 Å². The van der Waals surface area contributed by atoms with Crippen molar-refractivity contribution >= 4 is 0 Å². The van der Waals surface area contributed by atoms with E-state index in [1.807, 2.05) is 30.3 Å². The second-order valence-electron chi connectivity index (χ2n) is 4.72. The van der Waals surface area contributed by atoms with Crippen LogP contribution in [0.3, 0.4) is 0 Å². The number of halogens is 1. The van der Waals surface area contributed by atoms with Crippen LogP contribution in [0.15, 0.2) is 30.3 Å². The van der Waals surface area contributed by atoms with Crippen LogP contribution in [0, 0.1) is 5.92 Å². The van der Waals surface area contributed by atoms with Crippen molar-refractivity contribution < 1.29 is 9.50 Å². The molecular weight excluding hydrogens is 217 g/mol. The molecule has 1 saturated heterocycles. The first-order valence-electron chi connectivity index (χ1n) is 6.32. The Morgan fingerprint density at radius 2 is 1.88 bits per heavy atom. The SMILES string of the molecule is OC(c1ccccc1)C1CCN(CCF)CC1. The molecule has 0 amide bonds. The van der Waals surface area contributed by atoms with Crippen molar-refractivity contribution in [3.05, 3.63) is 35.9 Å². The van der Waals surface area contributed by atoms with Crippen LogP contribution in [-0.2, 0) is 0 Å². The molecule has 3 heteroatoms. The first-order chi connectivity index (χ1) is 8.31. The molecule has 0 bridgehead atoms. The summed E-state index contributed by atoms with van der Waals surface area (Å²) in [5, 5.41) is 10.3. The highest BCUT2D eigenvalue weighted by Crippen LogP contribution is 2.30. The van der Waals surface area contributed by atoms with Crippen LogP contribution in [0.4, 0.5) is 4.39 Å². The molecule has 1 aromatic rings. The molecule has 1 aliphatic rings. The van der Waals surface area contributed by atoms with Crippen LogP contribution in [0.5, 0.6) is 0 Å². The number of benzene rings is 1. The van der Waals surface area contributed by atoms with Gasteiger partial charge >= 0.3 is 0 Å². The molecule has 1 aromatic carbocycles. The summed E-state index contributed by atoms with van der Waals surface area (Å²) in [5.41, 5.74) is 0.997. The van der Waals surface area contributed by atoms with Crippen molar-refractivity contribution in [2.75, 3.05) is 26.3 Å². The zero-order valence-electron chi connectivity index (χ0n) is 10.1. The molecule has 2 rings (SSSR count). The standard InChI is InChI=1S/C14H20FNO/c15-8-11-16-9-6-13(7-10-16)14(17)12-4-2-1-3-5-12/h1-5,13-14,17H,6-11H2. The van der Waals surface area contributed by atoms with Gasteiger partial charge in [-0.15, -0.1) is 0 Å². The Labute approximate surface area is 102 Å². The van der Waals surface area contributed by atoms with Gasteiger partial charge in [0.25, 0.3) is 0 Å². The lowest BCUT2D eigenvalue weighted by molar-refractivity contribution is 0.0573. The number of alkyl halides is 1. The molecule has 1 aliphatic heterocycles. The van der Waals surface area contributed by atoms with Gasteiger partial charge in [-0.3, -0.25) is 0 Å². The minimum atomic E-state index is -0.372. The van der Waals surface area contributed by atoms with Crippen molar-refractivity contribution in [1.29, 1.82) is 0 Å². The Bertz CT molecular complexity index is 322. The van der Waals surface area contributed by atoms with Crippen molar-refractivity contribution in [3.63, 3.8) is 0 Å². The van der Waals surface area contributed by atoms with Crippen LogP contribution in [0.25, 0.3) is 0 Å². The number of hydrogen-bond donors (Lipinski definition) is 1. The van der Waals surface area contributed by atoms with Crippen molar-refractivity contribution in [1.82, 2.24) is 4.90 Å². The first kappa shape index (κ1) is 12.5. The van der Waals surface area contributed by atoms with Crippen LogP contribution >= 0.6 is 0 Å². The largest absolute Gasteiger partial charge is 0.388 e. The van der Waals surface area contributed by atoms with Gasteiger partial charge in [0, 0.05) is 6.54 Å². The Balaban J connectivity index is 1.88. The third-order valence-electron chi connectivity index (χ3n) is 3.62. The van der Waals surface area contributed by atoms with E-state index >= 15 is 0 Å². The lowest BCUT2D eigenvalue weighted by Crippen LogP contribution is -2.36. The molecule has 94 valence electrons. The number of piperidine rings is 1. The molecule has 0 spiro atoms. The summed E-state index contributed by atoms with van der Waals surface area (Å²) in [7, 11) is 0. The quantitative estimate of drug-likeness (QED) is 0.869. The molecule has 1 heterocycles. The minimum absolute atomic E-state index is 0.272. The molecule has 1 atom stereocenters. The number of aliphatic hydroxyl groups excluding tert-OH is 1. The zero-order chi connectivity index (χ0) is 12.1. The van der Waals surface area contributed by atoms with Gasteiger partial charge in [0.1, 0.15) is 6.67 Å². The normalized spacial score (nSPS) is 20.4. The molecule has 17 heavy (non-hydrogen) atoms. The number of hydrogen-bond acceptors (Lipinski definition) is 2. The Morgan fingerprint density at radius 1 is 1.24 bits per heavy atom. The average Bonchev–Trinajstić information content (AvgIpc) is 2.40. The summed E-state index contributed by atoms with van der Waals surface area (Å²) >= 11 is 0. The molecule has 1 unspecified atom stereocenters. The molecule has 0 radical (unpaired) electrons. The van der Waals surface area contributed by atoms with E-state index in [1.165, 1.54) is 0 Å². The summed E-state index contributed by atoms with van der Waals surface area (Å²) in [6.45, 7) is 2.07. The maximum Gasteiger partial charge on any atom is 0.102 e. The number of aliphatic hydroxyl groups is 1. The lowest BCUT2D eigenvalue weighted by Gasteiger charge is -2.33. The summed E-state index contributed by atoms with van der Waals surface area (Å²) in [4.78, 5) is 2.13. The van der Waals surface area contributed by atoms with E-state index in [4.69, 9.17) is 0 Å². The molecule has 2 nitrogen and oxygen atoms in total. The molecule has 0 saturated carbocycles. The Kier molecular flexibility index (Phi) is 4.51. The van der Waals surface area contributed by atoms with Crippen molar-refractivity contribution in [2.24, 2.45) is 5.92 Å². The molecule has 0 aliphatic carbocycles. The van der Waals surface area contributed by atoms with Gasteiger partial charge in [0.15, 0.2) is 0 Å². The topological polar surface area (TPSA) is 23.5 Å². The van der Waals surface area contributed by atoms with E-state index in [2.05, 4.69) is 4.90 Å². The van der Waals surface area contributed by atoms with Gasteiger partial charge in [-0.2, -0.15) is 0 Å². The highest BCUT2D eigenvalue weighted by molar-refractivity contribution is 5.18. The van der Waals surface area contributed by atoms with Crippen LogP contribution in [-0.4, -0.2) is 36.3 Å². The van der Waals surface area contributed by atoms with Gasteiger partial charge in [0.2, 0.25) is 0 Å². The van der Waals surface area contributed by atoms with Crippen molar-refractivity contribution in [2.45, 2.75) is 18.9 Å². The monoisotopic (exact) mass is 237 g/mol. The average molecular weight is 237 g/mol. The minimum Gasteiger partial charge on any atom is -0.388 e. The maximum atomic E-state index is 12.2. The van der Waals surface area contributed by atoms with Crippen LogP contribution in [0.1, 0.15) is 24.5 Å². The third-order valence-corrected chi connectivity index (χ3v) is 3.62.